The van der Waals surface area contributed by atoms with Crippen molar-refractivity contribution in [2.24, 2.45) is 35.0 Å². The average molecular weight is 451 g/mol. The standard InChI is InChI=1S/C26H42O6/c1-8-13(2)23(29)31-22-21(28)20(27)15(4)30-24(22)32-26(7)12-11-17-19(25(17,5)6)18-14(3)9-10-16(18)26/h8,14-22,24,27-28H,9-12H2,1-7H3/b13-8-/t14-,15-,16+,17-,18-,19-,20+,21+,22-,24+,26-/m1/s1. The molecule has 0 radical (unpaired) electrons. The largest absolute Gasteiger partial charge is 0.451 e. The molecule has 11 atom stereocenters. The molecule has 4 fully saturated rings. The number of carbonyl (C=O) groups is 1. The molecule has 0 bridgehead atoms. The molecule has 182 valence electrons. The lowest BCUT2D eigenvalue weighted by atomic mass is 9.74. The number of hydrogen-bond donors (Lipinski definition) is 2. The summed E-state index contributed by atoms with van der Waals surface area (Å²) in [5.74, 6) is 2.62. The van der Waals surface area contributed by atoms with E-state index in [1.165, 1.54) is 6.42 Å². The molecule has 1 saturated heterocycles. The van der Waals surface area contributed by atoms with Crippen molar-refractivity contribution in [3.63, 3.8) is 0 Å². The highest BCUT2D eigenvalue weighted by molar-refractivity contribution is 5.87. The molecule has 6 heteroatoms. The first-order chi connectivity index (χ1) is 14.9. The maximum absolute atomic E-state index is 12.5. The van der Waals surface area contributed by atoms with E-state index in [0.717, 1.165) is 31.1 Å². The van der Waals surface area contributed by atoms with Gasteiger partial charge >= 0.3 is 5.97 Å². The van der Waals surface area contributed by atoms with Crippen LogP contribution in [0.2, 0.25) is 0 Å². The minimum Gasteiger partial charge on any atom is -0.451 e. The first kappa shape index (κ1) is 24.2. The van der Waals surface area contributed by atoms with E-state index in [-0.39, 0.29) is 0 Å². The molecule has 6 nitrogen and oxygen atoms in total. The lowest BCUT2D eigenvalue weighted by Crippen LogP contribution is -2.61. The highest BCUT2D eigenvalue weighted by Gasteiger charge is 2.67. The van der Waals surface area contributed by atoms with Crippen LogP contribution >= 0.6 is 0 Å². The van der Waals surface area contributed by atoms with Gasteiger partial charge in [0, 0.05) is 5.57 Å². The summed E-state index contributed by atoms with van der Waals surface area (Å²) >= 11 is 0. The number of allylic oxidation sites excluding steroid dienone is 1. The molecular formula is C26H42O6. The van der Waals surface area contributed by atoms with Gasteiger partial charge in [-0.15, -0.1) is 0 Å². The molecule has 0 aromatic rings. The van der Waals surface area contributed by atoms with Crippen molar-refractivity contribution >= 4 is 5.97 Å². The van der Waals surface area contributed by atoms with Gasteiger partial charge in [0.2, 0.25) is 0 Å². The van der Waals surface area contributed by atoms with Crippen molar-refractivity contribution in [1.29, 1.82) is 0 Å². The molecule has 1 aliphatic heterocycles. The third kappa shape index (κ3) is 3.85. The maximum atomic E-state index is 12.5. The van der Waals surface area contributed by atoms with Crippen LogP contribution in [0.1, 0.15) is 74.1 Å². The summed E-state index contributed by atoms with van der Waals surface area (Å²) in [4.78, 5) is 12.5. The predicted octanol–water partition coefficient (Wildman–Crippen LogP) is 3.83. The number of rotatable bonds is 4. The van der Waals surface area contributed by atoms with Crippen LogP contribution in [0.5, 0.6) is 0 Å². The molecule has 2 N–H and O–H groups in total. The van der Waals surface area contributed by atoms with Gasteiger partial charge in [-0.05, 0) is 82.0 Å². The van der Waals surface area contributed by atoms with Gasteiger partial charge in [-0.1, -0.05) is 33.3 Å². The summed E-state index contributed by atoms with van der Waals surface area (Å²) in [6.07, 6.45) is 1.01. The Morgan fingerprint density at radius 2 is 1.75 bits per heavy atom. The van der Waals surface area contributed by atoms with Crippen LogP contribution in [0, 0.1) is 35.0 Å². The highest BCUT2D eigenvalue weighted by Crippen LogP contribution is 2.71. The average Bonchev–Trinajstić information content (AvgIpc) is 3.11. The van der Waals surface area contributed by atoms with E-state index >= 15 is 0 Å². The van der Waals surface area contributed by atoms with E-state index < -0.39 is 42.3 Å². The molecule has 0 unspecified atom stereocenters. The zero-order valence-corrected chi connectivity index (χ0v) is 20.7. The van der Waals surface area contributed by atoms with Gasteiger partial charge in [0.15, 0.2) is 12.4 Å². The van der Waals surface area contributed by atoms with Crippen molar-refractivity contribution in [1.82, 2.24) is 0 Å². The molecule has 0 aromatic carbocycles. The number of aliphatic hydroxyl groups excluding tert-OH is 2. The third-order valence-corrected chi connectivity index (χ3v) is 9.51. The first-order valence-electron chi connectivity index (χ1n) is 12.5. The van der Waals surface area contributed by atoms with Crippen LogP contribution in [-0.4, -0.2) is 52.5 Å². The fourth-order valence-electron chi connectivity index (χ4n) is 7.24. The Kier molecular flexibility index (Phi) is 6.32. The van der Waals surface area contributed by atoms with Crippen LogP contribution in [0.4, 0.5) is 0 Å². The molecule has 0 aromatic heterocycles. The molecule has 1 heterocycles. The van der Waals surface area contributed by atoms with E-state index in [9.17, 15) is 15.0 Å². The number of hydrogen-bond acceptors (Lipinski definition) is 6. The fraction of sp³-hybridized carbons (Fsp3) is 0.885. The van der Waals surface area contributed by atoms with Gasteiger partial charge in [0.25, 0.3) is 0 Å². The zero-order chi connectivity index (χ0) is 23.6. The summed E-state index contributed by atoms with van der Waals surface area (Å²) in [6, 6.07) is 0. The molecule has 4 rings (SSSR count). The fourth-order valence-corrected chi connectivity index (χ4v) is 7.24. The Hall–Kier alpha value is -0.950. The second-order valence-electron chi connectivity index (χ2n) is 11.7. The van der Waals surface area contributed by atoms with E-state index in [0.29, 0.717) is 28.7 Å². The van der Waals surface area contributed by atoms with Gasteiger partial charge in [-0.3, -0.25) is 0 Å². The molecule has 3 saturated carbocycles. The van der Waals surface area contributed by atoms with E-state index in [4.69, 9.17) is 14.2 Å². The smallest absolute Gasteiger partial charge is 0.333 e. The lowest BCUT2D eigenvalue weighted by Gasteiger charge is -2.47. The molecular weight excluding hydrogens is 408 g/mol. The third-order valence-electron chi connectivity index (χ3n) is 9.51. The van der Waals surface area contributed by atoms with Gasteiger partial charge < -0.3 is 24.4 Å². The Labute approximate surface area is 192 Å². The number of aliphatic hydroxyl groups is 2. The van der Waals surface area contributed by atoms with Gasteiger partial charge in [-0.25, -0.2) is 4.79 Å². The summed E-state index contributed by atoms with van der Waals surface area (Å²) in [5.41, 5.74) is 0.420. The van der Waals surface area contributed by atoms with E-state index in [1.54, 1.807) is 26.8 Å². The van der Waals surface area contributed by atoms with Crippen molar-refractivity contribution < 1.29 is 29.2 Å². The lowest BCUT2D eigenvalue weighted by molar-refractivity contribution is -0.328. The zero-order valence-electron chi connectivity index (χ0n) is 20.7. The van der Waals surface area contributed by atoms with E-state index in [1.807, 2.05) is 0 Å². The second kappa shape index (κ2) is 8.37. The summed E-state index contributed by atoms with van der Waals surface area (Å²) in [7, 11) is 0. The summed E-state index contributed by atoms with van der Waals surface area (Å²) in [6.45, 7) is 14.5. The van der Waals surface area contributed by atoms with Crippen molar-refractivity contribution in [3.05, 3.63) is 11.6 Å². The van der Waals surface area contributed by atoms with E-state index in [2.05, 4.69) is 27.7 Å². The van der Waals surface area contributed by atoms with Crippen molar-refractivity contribution in [2.75, 3.05) is 0 Å². The van der Waals surface area contributed by atoms with Gasteiger partial charge in [-0.2, -0.15) is 0 Å². The molecule has 0 amide bonds. The van der Waals surface area contributed by atoms with Crippen LogP contribution < -0.4 is 0 Å². The Morgan fingerprint density at radius 1 is 1.06 bits per heavy atom. The number of esters is 1. The molecule has 4 aliphatic rings. The second-order valence-corrected chi connectivity index (χ2v) is 11.7. The summed E-state index contributed by atoms with van der Waals surface area (Å²) in [5, 5.41) is 21.2. The number of carbonyl (C=O) groups excluding carboxylic acids is 1. The highest BCUT2D eigenvalue weighted by atomic mass is 16.7. The van der Waals surface area contributed by atoms with Crippen molar-refractivity contribution in [3.8, 4) is 0 Å². The van der Waals surface area contributed by atoms with Crippen molar-refractivity contribution in [2.45, 2.75) is 110 Å². The van der Waals surface area contributed by atoms with Crippen LogP contribution in [0.25, 0.3) is 0 Å². The molecule has 3 aliphatic carbocycles. The monoisotopic (exact) mass is 450 g/mol. The quantitative estimate of drug-likeness (QED) is 0.500. The number of ether oxygens (including phenoxy) is 3. The first-order valence-corrected chi connectivity index (χ1v) is 12.5. The van der Waals surface area contributed by atoms with Crippen LogP contribution in [-0.2, 0) is 19.0 Å². The summed E-state index contributed by atoms with van der Waals surface area (Å²) < 4.78 is 18.4. The number of fused-ring (bicyclic) bond motifs is 3. The topological polar surface area (TPSA) is 85.2 Å². The Morgan fingerprint density at radius 3 is 2.41 bits per heavy atom. The van der Waals surface area contributed by atoms with Crippen LogP contribution in [0.15, 0.2) is 11.6 Å². The maximum Gasteiger partial charge on any atom is 0.333 e. The molecule has 0 spiro atoms. The van der Waals surface area contributed by atoms with Crippen LogP contribution in [0.3, 0.4) is 0 Å². The minimum atomic E-state index is -1.27. The SMILES string of the molecule is C/C=C(/C)C(=O)O[C@H]1[C@H](O[C@]2(C)CC[C@@H]3[C@H]([C@@H]4[C@H](C)CC[C@@H]42)C3(C)C)O[C@H](C)[C@H](O)[C@@H]1O. The normalized spacial score (nSPS) is 50.2. The Balaban J connectivity index is 1.59. The minimum absolute atomic E-state index is 0.404. The van der Waals surface area contributed by atoms with Gasteiger partial charge in [0.05, 0.1) is 11.7 Å². The Bertz CT molecular complexity index is 761. The predicted molar refractivity (Wildman–Crippen MR) is 121 cm³/mol. The van der Waals surface area contributed by atoms with Gasteiger partial charge in [0.1, 0.15) is 12.2 Å². The molecule has 32 heavy (non-hydrogen) atoms.